The summed E-state index contributed by atoms with van der Waals surface area (Å²) in [4.78, 5) is 7.16. The molecule has 5 heteroatoms. The summed E-state index contributed by atoms with van der Waals surface area (Å²) in [6, 6.07) is 8.17. The van der Waals surface area contributed by atoms with Crippen molar-refractivity contribution in [3.05, 3.63) is 29.8 Å². The summed E-state index contributed by atoms with van der Waals surface area (Å²) in [6.45, 7) is 5.62. The van der Waals surface area contributed by atoms with E-state index in [9.17, 15) is 0 Å². The Bertz CT molecular complexity index is 654. The van der Waals surface area contributed by atoms with Crippen LogP contribution >= 0.6 is 0 Å². The lowest BCUT2D eigenvalue weighted by Crippen LogP contribution is -2.43. The molecule has 1 aliphatic heterocycles. The maximum Gasteiger partial charge on any atom is 0.216 e. The van der Waals surface area contributed by atoms with Gasteiger partial charge in [-0.05, 0) is 37.6 Å². The molecule has 0 spiro atoms. The van der Waals surface area contributed by atoms with Gasteiger partial charge in [0.2, 0.25) is 5.88 Å². The van der Waals surface area contributed by atoms with E-state index in [2.05, 4.69) is 27.3 Å². The average Bonchev–Trinajstić information content (AvgIpc) is 2.61. The van der Waals surface area contributed by atoms with Gasteiger partial charge in [0.05, 0.1) is 19.7 Å². The number of benzene rings is 1. The summed E-state index contributed by atoms with van der Waals surface area (Å²) >= 11 is 0. The third-order valence-corrected chi connectivity index (χ3v) is 4.39. The van der Waals surface area contributed by atoms with Crippen molar-refractivity contribution in [3.8, 4) is 11.6 Å². The van der Waals surface area contributed by atoms with Gasteiger partial charge < -0.3 is 19.7 Å². The van der Waals surface area contributed by atoms with Crippen molar-refractivity contribution in [3.63, 3.8) is 0 Å². The number of nitrogens with zero attached hydrogens (tertiary/aromatic N) is 2. The Labute approximate surface area is 137 Å². The molecule has 5 nitrogen and oxygen atoms in total. The molecule has 0 radical (unpaired) electrons. The SMILES string of the molecule is COc1ccc2cc(CCCN3CCNCC3)c(OC)nc2c1. The summed E-state index contributed by atoms with van der Waals surface area (Å²) in [5, 5.41) is 4.52. The summed E-state index contributed by atoms with van der Waals surface area (Å²) < 4.78 is 10.8. The van der Waals surface area contributed by atoms with Crippen LogP contribution in [0.5, 0.6) is 11.6 Å². The number of methoxy groups -OCH3 is 2. The highest BCUT2D eigenvalue weighted by Gasteiger charge is 2.11. The number of ether oxygens (including phenoxy) is 2. The van der Waals surface area contributed by atoms with Gasteiger partial charge in [-0.3, -0.25) is 0 Å². The molecule has 1 aromatic heterocycles. The molecule has 0 bridgehead atoms. The molecule has 0 aliphatic carbocycles. The number of rotatable bonds is 6. The van der Waals surface area contributed by atoms with Crippen LogP contribution in [0.4, 0.5) is 0 Å². The second kappa shape index (κ2) is 7.62. The molecular formula is C18H25N3O2. The normalized spacial score (nSPS) is 15.7. The molecule has 0 saturated carbocycles. The van der Waals surface area contributed by atoms with Crippen molar-refractivity contribution in [1.29, 1.82) is 0 Å². The fraction of sp³-hybridized carbons (Fsp3) is 0.500. The van der Waals surface area contributed by atoms with Gasteiger partial charge >= 0.3 is 0 Å². The lowest BCUT2D eigenvalue weighted by atomic mass is 10.1. The topological polar surface area (TPSA) is 46.6 Å². The number of aromatic nitrogens is 1. The molecule has 0 amide bonds. The number of hydrogen-bond donors (Lipinski definition) is 1. The van der Waals surface area contributed by atoms with Crippen LogP contribution in [0.1, 0.15) is 12.0 Å². The van der Waals surface area contributed by atoms with Crippen LogP contribution in [0.2, 0.25) is 0 Å². The molecule has 1 aromatic carbocycles. The van der Waals surface area contributed by atoms with Crippen LogP contribution < -0.4 is 14.8 Å². The first-order valence-corrected chi connectivity index (χ1v) is 8.25. The molecule has 0 unspecified atom stereocenters. The van der Waals surface area contributed by atoms with E-state index in [0.717, 1.165) is 68.1 Å². The molecule has 2 heterocycles. The number of piperazine rings is 1. The maximum absolute atomic E-state index is 5.49. The van der Waals surface area contributed by atoms with Crippen molar-refractivity contribution in [2.24, 2.45) is 0 Å². The second-order valence-electron chi connectivity index (χ2n) is 5.91. The van der Waals surface area contributed by atoms with E-state index in [1.54, 1.807) is 14.2 Å². The Hall–Kier alpha value is -1.85. The molecule has 2 aromatic rings. The van der Waals surface area contributed by atoms with Gasteiger partial charge in [-0.15, -0.1) is 0 Å². The lowest BCUT2D eigenvalue weighted by molar-refractivity contribution is 0.238. The predicted octanol–water partition coefficient (Wildman–Crippen LogP) is 2.09. The molecule has 1 fully saturated rings. The van der Waals surface area contributed by atoms with Crippen molar-refractivity contribution in [2.75, 3.05) is 46.9 Å². The summed E-state index contributed by atoms with van der Waals surface area (Å²) in [5.74, 6) is 1.55. The summed E-state index contributed by atoms with van der Waals surface area (Å²) in [7, 11) is 3.36. The third kappa shape index (κ3) is 3.92. The van der Waals surface area contributed by atoms with Gasteiger partial charge in [0, 0.05) is 43.2 Å². The fourth-order valence-corrected chi connectivity index (χ4v) is 3.08. The average molecular weight is 315 g/mol. The number of nitrogens with one attached hydrogen (secondary N) is 1. The highest BCUT2D eigenvalue weighted by molar-refractivity contribution is 5.81. The predicted molar refractivity (Wildman–Crippen MR) is 92.5 cm³/mol. The highest BCUT2D eigenvalue weighted by atomic mass is 16.5. The Morgan fingerprint density at radius 3 is 2.70 bits per heavy atom. The highest BCUT2D eigenvalue weighted by Crippen LogP contribution is 2.26. The van der Waals surface area contributed by atoms with Crippen LogP contribution in [-0.4, -0.2) is 56.8 Å². The first kappa shape index (κ1) is 16.0. The molecule has 0 atom stereocenters. The smallest absolute Gasteiger partial charge is 0.216 e. The van der Waals surface area contributed by atoms with Crippen LogP contribution in [0, 0.1) is 0 Å². The fourth-order valence-electron chi connectivity index (χ4n) is 3.08. The van der Waals surface area contributed by atoms with Gasteiger partial charge in [-0.1, -0.05) is 0 Å². The van der Waals surface area contributed by atoms with E-state index in [0.29, 0.717) is 0 Å². The second-order valence-corrected chi connectivity index (χ2v) is 5.91. The van der Waals surface area contributed by atoms with E-state index < -0.39 is 0 Å². The minimum atomic E-state index is 0.728. The molecule has 124 valence electrons. The molecule has 1 N–H and O–H groups in total. The van der Waals surface area contributed by atoms with E-state index in [4.69, 9.17) is 9.47 Å². The van der Waals surface area contributed by atoms with Gasteiger partial charge in [0.15, 0.2) is 0 Å². The van der Waals surface area contributed by atoms with Crippen molar-refractivity contribution >= 4 is 10.9 Å². The van der Waals surface area contributed by atoms with Gasteiger partial charge in [-0.25, -0.2) is 4.98 Å². The van der Waals surface area contributed by atoms with Crippen molar-refractivity contribution < 1.29 is 9.47 Å². The molecule has 1 aliphatic rings. The maximum atomic E-state index is 5.49. The first-order valence-electron chi connectivity index (χ1n) is 8.25. The first-order chi connectivity index (χ1) is 11.3. The number of fused-ring (bicyclic) bond motifs is 1. The Kier molecular flexibility index (Phi) is 5.31. The molecular weight excluding hydrogens is 290 g/mol. The van der Waals surface area contributed by atoms with Crippen molar-refractivity contribution in [1.82, 2.24) is 15.2 Å². The van der Waals surface area contributed by atoms with Crippen LogP contribution in [0.25, 0.3) is 10.9 Å². The van der Waals surface area contributed by atoms with Crippen molar-refractivity contribution in [2.45, 2.75) is 12.8 Å². The minimum absolute atomic E-state index is 0.728. The molecule has 1 saturated heterocycles. The van der Waals surface area contributed by atoms with Gasteiger partial charge in [0.1, 0.15) is 5.75 Å². The molecule has 3 rings (SSSR count). The number of hydrogen-bond acceptors (Lipinski definition) is 5. The van der Waals surface area contributed by atoms with E-state index >= 15 is 0 Å². The number of aryl methyl sites for hydroxylation is 1. The Morgan fingerprint density at radius 2 is 1.96 bits per heavy atom. The molecule has 23 heavy (non-hydrogen) atoms. The van der Waals surface area contributed by atoms with Crippen LogP contribution in [-0.2, 0) is 6.42 Å². The standard InChI is InChI=1S/C18H25N3O2/c1-22-16-6-5-14-12-15(18(23-2)20-17(14)13-16)4-3-9-21-10-7-19-8-11-21/h5-6,12-13,19H,3-4,7-11H2,1-2H3. The third-order valence-electron chi connectivity index (χ3n) is 4.39. The van der Waals surface area contributed by atoms with Crippen LogP contribution in [0.15, 0.2) is 24.3 Å². The monoisotopic (exact) mass is 315 g/mol. The van der Waals surface area contributed by atoms with E-state index in [-0.39, 0.29) is 0 Å². The van der Waals surface area contributed by atoms with Gasteiger partial charge in [-0.2, -0.15) is 0 Å². The quantitative estimate of drug-likeness (QED) is 0.884. The largest absolute Gasteiger partial charge is 0.497 e. The van der Waals surface area contributed by atoms with E-state index in [1.165, 1.54) is 5.56 Å². The zero-order chi connectivity index (χ0) is 16.1. The van der Waals surface area contributed by atoms with E-state index in [1.807, 2.05) is 12.1 Å². The zero-order valence-electron chi connectivity index (χ0n) is 14.0. The Balaban J connectivity index is 1.71. The van der Waals surface area contributed by atoms with Gasteiger partial charge in [0.25, 0.3) is 0 Å². The summed E-state index contributed by atoms with van der Waals surface area (Å²) in [6.07, 6.45) is 2.11. The Morgan fingerprint density at radius 1 is 1.13 bits per heavy atom. The summed E-state index contributed by atoms with van der Waals surface area (Å²) in [5.41, 5.74) is 2.09. The van der Waals surface area contributed by atoms with Crippen LogP contribution in [0.3, 0.4) is 0 Å². The lowest BCUT2D eigenvalue weighted by Gasteiger charge is -2.27. The number of pyridine rings is 1. The zero-order valence-corrected chi connectivity index (χ0v) is 14.0. The minimum Gasteiger partial charge on any atom is -0.497 e.